The zero-order chi connectivity index (χ0) is 22.6. The summed E-state index contributed by atoms with van der Waals surface area (Å²) in [6, 6.07) is 4.05. The van der Waals surface area contributed by atoms with Gasteiger partial charge >= 0.3 is 0 Å². The van der Waals surface area contributed by atoms with Crippen LogP contribution in [0.5, 0.6) is 0 Å². The molecule has 1 aromatic rings. The molecule has 0 spiro atoms. The van der Waals surface area contributed by atoms with Crippen LogP contribution < -0.4 is 10.6 Å². The number of rotatable bonds is 8. The first-order valence-electron chi connectivity index (χ1n) is 11.5. The lowest BCUT2D eigenvalue weighted by atomic mass is 9.51. The van der Waals surface area contributed by atoms with Gasteiger partial charge in [-0.25, -0.2) is 0 Å². The monoisotopic (exact) mass is 450 g/mol. The minimum Gasteiger partial charge on any atom is -0.392 e. The van der Waals surface area contributed by atoms with Crippen molar-refractivity contribution in [2.75, 3.05) is 13.7 Å². The van der Waals surface area contributed by atoms with Gasteiger partial charge in [0.2, 0.25) is 11.8 Å². The van der Waals surface area contributed by atoms with E-state index in [0.717, 1.165) is 30.6 Å². The molecule has 2 aliphatic carbocycles. The Morgan fingerprint density at radius 1 is 1.35 bits per heavy atom. The van der Waals surface area contributed by atoms with Crippen LogP contribution in [0, 0.1) is 29.1 Å². The minimum absolute atomic E-state index is 0.00507. The number of amides is 2. The number of aliphatic hydroxyl groups is 1. The topological polar surface area (TPSA) is 87.7 Å². The summed E-state index contributed by atoms with van der Waals surface area (Å²) in [5.74, 6) is -0.0701. The van der Waals surface area contributed by atoms with Gasteiger partial charge in [0.1, 0.15) is 0 Å². The number of thiophene rings is 1. The quantitative estimate of drug-likeness (QED) is 0.567. The van der Waals surface area contributed by atoms with Crippen LogP contribution in [0.4, 0.5) is 0 Å². The zero-order valence-corrected chi connectivity index (χ0v) is 20.0. The molecular formula is C24H38N2O4S. The van der Waals surface area contributed by atoms with E-state index < -0.39 is 6.10 Å². The van der Waals surface area contributed by atoms with Crippen molar-refractivity contribution in [2.24, 2.45) is 29.1 Å². The summed E-state index contributed by atoms with van der Waals surface area (Å²) in [5.41, 5.74) is 0.0518. The van der Waals surface area contributed by atoms with Gasteiger partial charge in [0.15, 0.2) is 0 Å². The third-order valence-corrected chi connectivity index (χ3v) is 8.72. The second-order valence-electron chi connectivity index (χ2n) is 9.77. The maximum absolute atomic E-state index is 12.8. The molecular weight excluding hydrogens is 412 g/mol. The number of carbonyl (C=O) groups excluding carboxylic acids is 2. The number of hydrogen-bond acceptors (Lipinski definition) is 5. The van der Waals surface area contributed by atoms with Crippen LogP contribution in [0.15, 0.2) is 17.5 Å². The second-order valence-corrected chi connectivity index (χ2v) is 10.8. The van der Waals surface area contributed by atoms with Crippen LogP contribution in [0.25, 0.3) is 0 Å². The summed E-state index contributed by atoms with van der Waals surface area (Å²) < 4.78 is 5.02. The first-order valence-corrected chi connectivity index (χ1v) is 12.4. The largest absolute Gasteiger partial charge is 0.392 e. The lowest BCUT2D eigenvalue weighted by molar-refractivity contribution is -0.144. The number of fused-ring (bicyclic) bond motifs is 1. The molecule has 7 heteroatoms. The van der Waals surface area contributed by atoms with Crippen molar-refractivity contribution < 1.29 is 19.4 Å². The maximum Gasteiger partial charge on any atom is 0.223 e. The van der Waals surface area contributed by atoms with Crippen LogP contribution in [-0.2, 0) is 20.9 Å². The molecule has 7 atom stereocenters. The van der Waals surface area contributed by atoms with Gasteiger partial charge in [0.25, 0.3) is 0 Å². The summed E-state index contributed by atoms with van der Waals surface area (Å²) in [6.07, 6.45) is 3.60. The van der Waals surface area contributed by atoms with Gasteiger partial charge in [-0.2, -0.15) is 0 Å². The lowest BCUT2D eigenvalue weighted by Gasteiger charge is -2.56. The summed E-state index contributed by atoms with van der Waals surface area (Å²) in [6.45, 7) is 7.32. The van der Waals surface area contributed by atoms with Gasteiger partial charge in [-0.1, -0.05) is 26.8 Å². The van der Waals surface area contributed by atoms with E-state index >= 15 is 0 Å². The fourth-order valence-corrected chi connectivity index (χ4v) is 6.56. The summed E-state index contributed by atoms with van der Waals surface area (Å²) in [7, 11) is 1.60. The molecule has 0 radical (unpaired) electrons. The van der Waals surface area contributed by atoms with E-state index in [4.69, 9.17) is 4.74 Å². The van der Waals surface area contributed by atoms with Crippen molar-refractivity contribution in [1.82, 2.24) is 10.6 Å². The van der Waals surface area contributed by atoms with Gasteiger partial charge in [-0.15, -0.1) is 11.3 Å². The number of ether oxygens (including phenoxy) is 1. The Morgan fingerprint density at radius 2 is 2.10 bits per heavy atom. The fourth-order valence-electron chi connectivity index (χ4n) is 5.91. The molecule has 174 valence electrons. The first-order chi connectivity index (χ1) is 14.8. The zero-order valence-electron chi connectivity index (χ0n) is 19.2. The Labute approximate surface area is 190 Å². The van der Waals surface area contributed by atoms with E-state index in [-0.39, 0.29) is 46.9 Å². The van der Waals surface area contributed by atoms with Gasteiger partial charge in [-0.3, -0.25) is 9.59 Å². The number of nitrogens with one attached hydrogen (secondary N) is 2. The Morgan fingerprint density at radius 3 is 2.77 bits per heavy atom. The maximum atomic E-state index is 12.8. The molecule has 2 aliphatic rings. The molecule has 0 aliphatic heterocycles. The third-order valence-electron chi connectivity index (χ3n) is 7.84. The van der Waals surface area contributed by atoms with E-state index in [1.54, 1.807) is 18.4 Å². The van der Waals surface area contributed by atoms with Crippen molar-refractivity contribution in [1.29, 1.82) is 0 Å². The average molecular weight is 451 g/mol. The smallest absolute Gasteiger partial charge is 0.223 e. The number of methoxy groups -OCH3 is 1. The van der Waals surface area contributed by atoms with E-state index in [1.165, 1.54) is 0 Å². The van der Waals surface area contributed by atoms with E-state index in [0.29, 0.717) is 19.6 Å². The molecule has 0 unspecified atom stereocenters. The van der Waals surface area contributed by atoms with Crippen LogP contribution in [-0.4, -0.2) is 42.8 Å². The average Bonchev–Trinajstić information content (AvgIpc) is 3.26. The molecule has 3 N–H and O–H groups in total. The molecule has 2 saturated carbocycles. The third kappa shape index (κ3) is 5.49. The number of hydrogen-bond donors (Lipinski definition) is 3. The van der Waals surface area contributed by atoms with Crippen molar-refractivity contribution in [3.05, 3.63) is 22.4 Å². The Hall–Kier alpha value is -1.44. The van der Waals surface area contributed by atoms with Gasteiger partial charge in [0.05, 0.1) is 19.3 Å². The normalized spacial score (nSPS) is 33.9. The van der Waals surface area contributed by atoms with E-state index in [9.17, 15) is 14.7 Å². The van der Waals surface area contributed by atoms with Crippen molar-refractivity contribution in [3.63, 3.8) is 0 Å². The molecule has 1 aromatic heterocycles. The van der Waals surface area contributed by atoms with E-state index in [2.05, 4.69) is 24.5 Å². The van der Waals surface area contributed by atoms with Gasteiger partial charge < -0.3 is 20.5 Å². The predicted molar refractivity (Wildman–Crippen MR) is 122 cm³/mol. The van der Waals surface area contributed by atoms with Crippen molar-refractivity contribution in [2.45, 2.75) is 71.6 Å². The molecule has 0 aromatic carbocycles. The first kappa shape index (κ1) is 24.2. The number of aliphatic hydroxyl groups excluding tert-OH is 1. The highest BCUT2D eigenvalue weighted by atomic mass is 32.1. The Balaban J connectivity index is 1.64. The highest BCUT2D eigenvalue weighted by molar-refractivity contribution is 7.09. The van der Waals surface area contributed by atoms with Crippen LogP contribution in [0.1, 0.15) is 57.8 Å². The molecule has 2 amide bonds. The molecule has 6 nitrogen and oxygen atoms in total. The summed E-state index contributed by atoms with van der Waals surface area (Å²) >= 11 is 1.63. The van der Waals surface area contributed by atoms with Crippen LogP contribution in [0.3, 0.4) is 0 Å². The molecule has 1 heterocycles. The molecule has 3 rings (SSSR count). The highest BCUT2D eigenvalue weighted by Crippen LogP contribution is 2.55. The van der Waals surface area contributed by atoms with Crippen molar-refractivity contribution in [3.8, 4) is 0 Å². The standard InChI is InChI=1S/C24H38N2O4S/c1-15(23(29)25-14-17-6-5-13-31-17)18-7-10-24(3)11-8-19(16(2)21(24)22(18)28)26-20(27)9-12-30-4/h5-6,13,15-16,18-19,21-22,28H,7-12,14H2,1-4H3,(H,25,29)(H,26,27)/t15-,16-,18-,19-,21+,22-,24+/m0/s1. The van der Waals surface area contributed by atoms with Crippen LogP contribution in [0.2, 0.25) is 0 Å². The molecule has 0 bridgehead atoms. The molecule has 0 saturated heterocycles. The summed E-state index contributed by atoms with van der Waals surface area (Å²) in [4.78, 5) is 26.2. The van der Waals surface area contributed by atoms with Crippen LogP contribution >= 0.6 is 11.3 Å². The second kappa shape index (κ2) is 10.5. The predicted octanol–water partition coefficient (Wildman–Crippen LogP) is 3.35. The van der Waals surface area contributed by atoms with Gasteiger partial charge in [-0.05, 0) is 60.3 Å². The lowest BCUT2D eigenvalue weighted by Crippen LogP contribution is -2.58. The fraction of sp³-hybridized carbons (Fsp3) is 0.750. The molecule has 2 fully saturated rings. The highest BCUT2D eigenvalue weighted by Gasteiger charge is 2.53. The number of carbonyl (C=O) groups is 2. The van der Waals surface area contributed by atoms with Gasteiger partial charge in [0, 0.05) is 30.4 Å². The van der Waals surface area contributed by atoms with Crippen molar-refractivity contribution >= 4 is 23.2 Å². The minimum atomic E-state index is -0.546. The van der Waals surface area contributed by atoms with E-state index in [1.807, 2.05) is 24.4 Å². The Kier molecular flexibility index (Phi) is 8.16. The molecule has 31 heavy (non-hydrogen) atoms. The SMILES string of the molecule is COCCC(=O)N[C@H]1CC[C@@]2(C)CC[C@@H]([C@H](C)C(=O)NCc3cccs3)[C@H](O)[C@H]2[C@H]1C. The Bertz CT molecular complexity index is 740. The summed E-state index contributed by atoms with van der Waals surface area (Å²) in [5, 5.41) is 19.7.